The molecule has 0 unspecified atom stereocenters. The maximum atomic E-state index is 11.7. The Balaban J connectivity index is 2.19. The van der Waals surface area contributed by atoms with Gasteiger partial charge >= 0.3 is 0 Å². The van der Waals surface area contributed by atoms with Gasteiger partial charge in [0.2, 0.25) is 11.5 Å². The number of aryl methyl sites for hydroxylation is 1. The fourth-order valence-electron chi connectivity index (χ4n) is 1.14. The molecule has 0 bridgehead atoms. The van der Waals surface area contributed by atoms with Crippen LogP contribution in [0.3, 0.4) is 0 Å². The third kappa shape index (κ3) is 2.41. The van der Waals surface area contributed by atoms with Crippen molar-refractivity contribution in [3.05, 3.63) is 28.0 Å². The summed E-state index contributed by atoms with van der Waals surface area (Å²) in [5.74, 6) is -0.174. The van der Waals surface area contributed by atoms with Crippen LogP contribution in [-0.4, -0.2) is 21.2 Å². The Labute approximate surface area is 104 Å². The summed E-state index contributed by atoms with van der Waals surface area (Å²) >= 11 is 3.31. The number of rotatable bonds is 2. The minimum Gasteiger partial charge on any atom is -0.379 e. The lowest BCUT2D eigenvalue weighted by molar-refractivity contribution is 0.101. The van der Waals surface area contributed by atoms with Crippen molar-refractivity contribution in [1.82, 2.24) is 15.3 Å². The zero-order chi connectivity index (χ0) is 12.4. The predicted octanol–water partition coefficient (Wildman–Crippen LogP) is 1.37. The molecule has 2 aromatic rings. The molecule has 0 radical (unpaired) electrons. The van der Waals surface area contributed by atoms with Crippen molar-refractivity contribution < 1.29 is 9.42 Å². The number of nitrogens with one attached hydrogen (secondary N) is 1. The number of nitrogens with two attached hydrogens (primary N) is 1. The Morgan fingerprint density at radius 3 is 2.88 bits per heavy atom. The molecule has 17 heavy (non-hydrogen) atoms. The number of nitrogens with zero attached hydrogens (tertiary/aromatic N) is 3. The van der Waals surface area contributed by atoms with E-state index in [9.17, 15) is 4.79 Å². The second-order valence-electron chi connectivity index (χ2n) is 3.27. The molecule has 0 saturated heterocycles. The second-order valence-corrected chi connectivity index (χ2v) is 4.13. The quantitative estimate of drug-likeness (QED) is 0.867. The number of anilines is 2. The van der Waals surface area contributed by atoms with Gasteiger partial charge in [0.1, 0.15) is 5.82 Å². The Bertz CT molecular complexity index is 568. The van der Waals surface area contributed by atoms with Crippen LogP contribution in [0.5, 0.6) is 0 Å². The molecule has 3 N–H and O–H groups in total. The number of aromatic nitrogens is 3. The van der Waals surface area contributed by atoms with Crippen LogP contribution in [0.4, 0.5) is 11.6 Å². The number of carbonyl (C=O) groups excluding carboxylic acids is 1. The summed E-state index contributed by atoms with van der Waals surface area (Å²) < 4.78 is 5.19. The summed E-state index contributed by atoms with van der Waals surface area (Å²) in [6.45, 7) is 1.88. The fraction of sp³-hybridized carbons (Fsp3) is 0.111. The molecule has 0 atom stereocenters. The zero-order valence-electron chi connectivity index (χ0n) is 8.77. The lowest BCUT2D eigenvalue weighted by atomic mass is 10.3. The van der Waals surface area contributed by atoms with Crippen molar-refractivity contribution in [2.75, 3.05) is 11.1 Å². The lowest BCUT2D eigenvalue weighted by Crippen LogP contribution is -2.15. The van der Waals surface area contributed by atoms with E-state index in [1.807, 2.05) is 6.92 Å². The standard InChI is InChI=1S/C9H8BrN5O2/c1-4-2-6(12-3-5(4)10)13-9(16)7-8(11)15-17-14-7/h2-3H,1H3,(H2,11,15)(H,12,13,16). The van der Waals surface area contributed by atoms with Gasteiger partial charge in [-0.15, -0.1) is 0 Å². The van der Waals surface area contributed by atoms with E-state index >= 15 is 0 Å². The highest BCUT2D eigenvalue weighted by atomic mass is 79.9. The zero-order valence-corrected chi connectivity index (χ0v) is 10.4. The fourth-order valence-corrected chi connectivity index (χ4v) is 1.35. The Morgan fingerprint density at radius 2 is 2.29 bits per heavy atom. The van der Waals surface area contributed by atoms with Crippen LogP contribution in [0.25, 0.3) is 0 Å². The van der Waals surface area contributed by atoms with E-state index in [1.54, 1.807) is 12.3 Å². The van der Waals surface area contributed by atoms with E-state index in [0.29, 0.717) is 5.82 Å². The summed E-state index contributed by atoms with van der Waals surface area (Å²) in [4.78, 5) is 15.7. The molecule has 0 fully saturated rings. The molecule has 2 heterocycles. The minimum absolute atomic E-state index is 0.0590. The van der Waals surface area contributed by atoms with E-state index in [-0.39, 0.29) is 11.5 Å². The largest absolute Gasteiger partial charge is 0.379 e. The van der Waals surface area contributed by atoms with E-state index in [0.717, 1.165) is 10.0 Å². The van der Waals surface area contributed by atoms with E-state index in [1.165, 1.54) is 0 Å². The van der Waals surface area contributed by atoms with Crippen LogP contribution in [0, 0.1) is 6.92 Å². The molecule has 7 nitrogen and oxygen atoms in total. The second kappa shape index (κ2) is 4.50. The first-order valence-corrected chi connectivity index (χ1v) is 5.38. The third-order valence-corrected chi connectivity index (χ3v) is 2.85. The molecule has 8 heteroatoms. The molecule has 2 rings (SSSR count). The molecule has 1 amide bonds. The lowest BCUT2D eigenvalue weighted by Gasteiger charge is -2.04. The van der Waals surface area contributed by atoms with Crippen LogP contribution in [0.1, 0.15) is 16.1 Å². The molecular weight excluding hydrogens is 290 g/mol. The van der Waals surface area contributed by atoms with Gasteiger partial charge in [0.25, 0.3) is 5.91 Å². The van der Waals surface area contributed by atoms with Crippen molar-refractivity contribution in [1.29, 1.82) is 0 Å². The smallest absolute Gasteiger partial charge is 0.282 e. The van der Waals surface area contributed by atoms with Crippen molar-refractivity contribution in [3.63, 3.8) is 0 Å². The maximum Gasteiger partial charge on any atom is 0.282 e. The Hall–Kier alpha value is -1.96. The number of halogens is 1. The van der Waals surface area contributed by atoms with Gasteiger partial charge < -0.3 is 11.1 Å². The maximum absolute atomic E-state index is 11.7. The number of pyridine rings is 1. The van der Waals surface area contributed by atoms with Crippen molar-refractivity contribution >= 4 is 33.5 Å². The first kappa shape index (κ1) is 11.5. The molecule has 0 aliphatic carbocycles. The summed E-state index contributed by atoms with van der Waals surface area (Å²) in [6, 6.07) is 1.71. The van der Waals surface area contributed by atoms with Crippen molar-refractivity contribution in [2.24, 2.45) is 0 Å². The van der Waals surface area contributed by atoms with Gasteiger partial charge in [-0.3, -0.25) is 4.79 Å². The molecule has 2 aromatic heterocycles. The number of carbonyl (C=O) groups is 1. The van der Waals surface area contributed by atoms with Crippen LogP contribution in [0.15, 0.2) is 21.4 Å². The molecule has 0 spiro atoms. The SMILES string of the molecule is Cc1cc(NC(=O)c2nonc2N)ncc1Br. The number of amides is 1. The molecule has 0 aromatic carbocycles. The minimum atomic E-state index is -0.516. The Kier molecular flexibility index (Phi) is 3.05. The molecule has 88 valence electrons. The molecular formula is C9H8BrN5O2. The van der Waals surface area contributed by atoms with Crippen molar-refractivity contribution in [2.45, 2.75) is 6.92 Å². The van der Waals surface area contributed by atoms with Gasteiger partial charge in [-0.1, -0.05) is 0 Å². The van der Waals surface area contributed by atoms with Gasteiger partial charge in [-0.25, -0.2) is 9.61 Å². The summed E-state index contributed by atoms with van der Waals surface area (Å²) in [5.41, 5.74) is 6.28. The van der Waals surface area contributed by atoms with Gasteiger partial charge in [0.15, 0.2) is 0 Å². The summed E-state index contributed by atoms with van der Waals surface area (Å²) in [5, 5.41) is 9.25. The highest BCUT2D eigenvalue weighted by molar-refractivity contribution is 9.10. The average molecular weight is 298 g/mol. The van der Waals surface area contributed by atoms with Gasteiger partial charge in [-0.05, 0) is 44.8 Å². The van der Waals surface area contributed by atoms with E-state index in [2.05, 4.69) is 41.2 Å². The van der Waals surface area contributed by atoms with E-state index in [4.69, 9.17) is 5.73 Å². The molecule has 0 aliphatic heterocycles. The molecule has 0 saturated carbocycles. The average Bonchev–Trinajstić information content (AvgIpc) is 2.70. The molecule has 0 aliphatic rings. The third-order valence-electron chi connectivity index (χ3n) is 2.02. The van der Waals surface area contributed by atoms with Crippen LogP contribution >= 0.6 is 15.9 Å². The van der Waals surface area contributed by atoms with E-state index < -0.39 is 5.91 Å². The van der Waals surface area contributed by atoms with Gasteiger partial charge in [0, 0.05) is 10.7 Å². The Morgan fingerprint density at radius 1 is 1.53 bits per heavy atom. The van der Waals surface area contributed by atoms with Crippen LogP contribution in [0.2, 0.25) is 0 Å². The normalized spacial score (nSPS) is 10.2. The number of nitrogen functional groups attached to an aromatic ring is 1. The van der Waals surface area contributed by atoms with Crippen molar-refractivity contribution in [3.8, 4) is 0 Å². The van der Waals surface area contributed by atoms with Gasteiger partial charge in [0.05, 0.1) is 0 Å². The van der Waals surface area contributed by atoms with Crippen LogP contribution in [-0.2, 0) is 0 Å². The van der Waals surface area contributed by atoms with Gasteiger partial charge in [-0.2, -0.15) is 0 Å². The summed E-state index contributed by atoms with van der Waals surface area (Å²) in [7, 11) is 0. The highest BCUT2D eigenvalue weighted by Crippen LogP contribution is 2.17. The monoisotopic (exact) mass is 297 g/mol. The number of hydrogen-bond donors (Lipinski definition) is 2. The predicted molar refractivity (Wildman–Crippen MR) is 63.3 cm³/mol. The number of hydrogen-bond acceptors (Lipinski definition) is 6. The summed E-state index contributed by atoms with van der Waals surface area (Å²) in [6.07, 6.45) is 1.59. The first-order chi connectivity index (χ1) is 8.08. The highest BCUT2D eigenvalue weighted by Gasteiger charge is 2.16. The van der Waals surface area contributed by atoms with Crippen LogP contribution < -0.4 is 11.1 Å². The first-order valence-electron chi connectivity index (χ1n) is 4.59. The topological polar surface area (TPSA) is 107 Å².